The number of halogens is 3. The van der Waals surface area contributed by atoms with Crippen molar-refractivity contribution in [3.63, 3.8) is 0 Å². The van der Waals surface area contributed by atoms with Crippen molar-refractivity contribution in [1.29, 1.82) is 0 Å². The number of rotatable bonds is 2. The number of aryl methyl sites for hydroxylation is 1. The summed E-state index contributed by atoms with van der Waals surface area (Å²) in [5, 5.41) is 3.03. The number of methoxy groups -OCH3 is 1. The minimum absolute atomic E-state index is 0.300. The number of hydrogen-bond donors (Lipinski definition) is 1. The second-order valence-corrected chi connectivity index (χ2v) is 3.43. The Labute approximate surface area is 122 Å². The van der Waals surface area contributed by atoms with Gasteiger partial charge < -0.3 is 10.1 Å². The summed E-state index contributed by atoms with van der Waals surface area (Å²) in [6, 6.07) is 5.41. The first kappa shape index (κ1) is 21.3. The highest BCUT2D eigenvalue weighted by Crippen LogP contribution is 2.16. The fourth-order valence-corrected chi connectivity index (χ4v) is 1.19. The molecule has 1 N–H and O–H groups in total. The van der Waals surface area contributed by atoms with Gasteiger partial charge in [0.2, 0.25) is 6.29 Å². The van der Waals surface area contributed by atoms with E-state index in [1.807, 2.05) is 33.9 Å². The predicted octanol–water partition coefficient (Wildman–Crippen LogP) is 3.60. The van der Waals surface area contributed by atoms with Gasteiger partial charge in [0.1, 0.15) is 0 Å². The van der Waals surface area contributed by atoms with Crippen LogP contribution in [-0.4, -0.2) is 32.6 Å². The zero-order valence-corrected chi connectivity index (χ0v) is 12.7. The van der Waals surface area contributed by atoms with Gasteiger partial charge in [0.15, 0.2) is 0 Å². The number of esters is 1. The van der Waals surface area contributed by atoms with E-state index < -0.39 is 12.5 Å². The molecule has 0 aliphatic rings. The first-order valence-corrected chi connectivity index (χ1v) is 6.15. The van der Waals surface area contributed by atoms with Gasteiger partial charge in [-0.25, -0.2) is 4.79 Å². The number of alkyl halides is 3. The van der Waals surface area contributed by atoms with Crippen molar-refractivity contribution in [2.75, 3.05) is 19.5 Å². The van der Waals surface area contributed by atoms with Crippen LogP contribution in [0.5, 0.6) is 0 Å². The molecule has 0 aromatic heterocycles. The number of carbonyl (C=O) groups excluding carboxylic acids is 2. The Morgan fingerprint density at radius 1 is 1.29 bits per heavy atom. The summed E-state index contributed by atoms with van der Waals surface area (Å²) in [5.41, 5.74) is 2.64. The van der Waals surface area contributed by atoms with Crippen LogP contribution < -0.4 is 5.32 Å². The Balaban J connectivity index is 0. The minimum atomic E-state index is -4.64. The molecule has 0 aliphatic carbocycles. The molecule has 1 aromatic carbocycles. The van der Waals surface area contributed by atoms with E-state index in [1.54, 1.807) is 12.1 Å². The van der Waals surface area contributed by atoms with Crippen LogP contribution in [0.4, 0.5) is 18.9 Å². The van der Waals surface area contributed by atoms with E-state index in [9.17, 15) is 18.0 Å². The maximum atomic E-state index is 11.1. The number of ether oxygens (including phenoxy) is 1. The molecule has 0 fully saturated rings. The van der Waals surface area contributed by atoms with Gasteiger partial charge in [-0.15, -0.1) is 0 Å². The number of nitrogens with one attached hydrogen (secondary N) is 1. The topological polar surface area (TPSA) is 55.4 Å². The second kappa shape index (κ2) is 10.7. The average molecular weight is 307 g/mol. The highest BCUT2D eigenvalue weighted by atomic mass is 19.4. The first-order valence-electron chi connectivity index (χ1n) is 6.15. The monoisotopic (exact) mass is 307 g/mol. The quantitative estimate of drug-likeness (QED) is 0.670. The molecule has 0 radical (unpaired) electrons. The van der Waals surface area contributed by atoms with Crippen molar-refractivity contribution in [1.82, 2.24) is 0 Å². The van der Waals surface area contributed by atoms with Crippen LogP contribution in [0.1, 0.15) is 29.8 Å². The zero-order chi connectivity index (χ0) is 17.1. The molecule has 4 nitrogen and oxygen atoms in total. The molecule has 120 valence electrons. The summed E-state index contributed by atoms with van der Waals surface area (Å²) in [6.45, 7) is 5.94. The molecular weight excluding hydrogens is 287 g/mol. The lowest BCUT2D eigenvalue weighted by Crippen LogP contribution is -2.07. The standard InChI is InChI=1S/C10H13NO2.C2HF3O.C2H6/c1-7-6-8(10(12)13-3)4-5-9(7)11-2;3-2(4,5)1-6;1-2/h4-6,11H,1-3H3;1H;1-2H3. The Morgan fingerprint density at radius 3 is 2.05 bits per heavy atom. The summed E-state index contributed by atoms with van der Waals surface area (Å²) in [4.78, 5) is 19.8. The Morgan fingerprint density at radius 2 is 1.76 bits per heavy atom. The Kier molecular flexibility index (Phi) is 10.8. The van der Waals surface area contributed by atoms with E-state index in [4.69, 9.17) is 4.79 Å². The van der Waals surface area contributed by atoms with Crippen LogP contribution in [0.25, 0.3) is 0 Å². The van der Waals surface area contributed by atoms with E-state index in [0.717, 1.165) is 11.3 Å². The van der Waals surface area contributed by atoms with E-state index in [-0.39, 0.29) is 5.97 Å². The highest BCUT2D eigenvalue weighted by Gasteiger charge is 2.24. The fourth-order valence-electron chi connectivity index (χ4n) is 1.19. The van der Waals surface area contributed by atoms with E-state index in [0.29, 0.717) is 5.56 Å². The molecule has 0 spiro atoms. The third-order valence-electron chi connectivity index (χ3n) is 2.05. The molecule has 0 bridgehead atoms. The van der Waals surface area contributed by atoms with Crippen molar-refractivity contribution in [3.8, 4) is 0 Å². The lowest BCUT2D eigenvalue weighted by molar-refractivity contribution is -0.156. The van der Waals surface area contributed by atoms with Crippen molar-refractivity contribution in [2.45, 2.75) is 26.9 Å². The molecular formula is C14H20F3NO3. The fraction of sp³-hybridized carbons (Fsp3) is 0.429. The van der Waals surface area contributed by atoms with Gasteiger partial charge >= 0.3 is 12.1 Å². The van der Waals surface area contributed by atoms with Crippen LogP contribution >= 0.6 is 0 Å². The van der Waals surface area contributed by atoms with E-state index in [2.05, 4.69) is 10.1 Å². The summed E-state index contributed by atoms with van der Waals surface area (Å²) < 4.78 is 35.9. The normalized spacial score (nSPS) is 9.33. The van der Waals surface area contributed by atoms with Gasteiger partial charge in [0.05, 0.1) is 12.7 Å². The van der Waals surface area contributed by atoms with Gasteiger partial charge in [0.25, 0.3) is 0 Å². The maximum absolute atomic E-state index is 11.1. The molecule has 0 saturated heterocycles. The van der Waals surface area contributed by atoms with Gasteiger partial charge in [0, 0.05) is 12.7 Å². The SMILES string of the molecule is CC.CNc1ccc(C(=O)OC)cc1C.O=CC(F)(F)F. The lowest BCUT2D eigenvalue weighted by atomic mass is 10.1. The lowest BCUT2D eigenvalue weighted by Gasteiger charge is -2.06. The predicted molar refractivity (Wildman–Crippen MR) is 75.5 cm³/mol. The summed E-state index contributed by atoms with van der Waals surface area (Å²) in [5.74, 6) is -0.300. The number of anilines is 1. The molecule has 0 heterocycles. The largest absolute Gasteiger partial charge is 0.465 e. The Hall–Kier alpha value is -2.05. The summed E-state index contributed by atoms with van der Waals surface area (Å²) in [7, 11) is 3.23. The van der Waals surface area contributed by atoms with Gasteiger partial charge in [-0.2, -0.15) is 13.2 Å². The molecule has 7 heteroatoms. The number of carbonyl (C=O) groups is 2. The van der Waals surface area contributed by atoms with E-state index in [1.165, 1.54) is 7.11 Å². The van der Waals surface area contributed by atoms with Gasteiger partial charge in [-0.3, -0.25) is 4.79 Å². The highest BCUT2D eigenvalue weighted by molar-refractivity contribution is 5.90. The molecule has 0 amide bonds. The van der Waals surface area contributed by atoms with Crippen molar-refractivity contribution < 1.29 is 27.5 Å². The number of benzene rings is 1. The molecule has 0 atom stereocenters. The number of hydrogen-bond acceptors (Lipinski definition) is 4. The third kappa shape index (κ3) is 9.48. The first-order chi connectivity index (χ1) is 9.75. The van der Waals surface area contributed by atoms with Crippen LogP contribution in [0.3, 0.4) is 0 Å². The van der Waals surface area contributed by atoms with Gasteiger partial charge in [-0.05, 0) is 30.7 Å². The van der Waals surface area contributed by atoms with Crippen LogP contribution in [0, 0.1) is 6.92 Å². The molecule has 0 saturated carbocycles. The van der Waals surface area contributed by atoms with Crippen LogP contribution in [0.2, 0.25) is 0 Å². The smallest absolute Gasteiger partial charge is 0.446 e. The van der Waals surface area contributed by atoms with Crippen LogP contribution in [0.15, 0.2) is 18.2 Å². The zero-order valence-electron chi connectivity index (χ0n) is 12.7. The summed E-state index contributed by atoms with van der Waals surface area (Å²) >= 11 is 0. The third-order valence-corrected chi connectivity index (χ3v) is 2.05. The second-order valence-electron chi connectivity index (χ2n) is 3.43. The molecule has 0 unspecified atom stereocenters. The van der Waals surface area contributed by atoms with E-state index >= 15 is 0 Å². The van der Waals surface area contributed by atoms with Crippen molar-refractivity contribution >= 4 is 17.9 Å². The van der Waals surface area contributed by atoms with Crippen molar-refractivity contribution in [2.24, 2.45) is 0 Å². The summed E-state index contributed by atoms with van der Waals surface area (Å²) in [6.07, 6.45) is -5.70. The molecule has 0 aliphatic heterocycles. The molecule has 1 aromatic rings. The number of aldehydes is 1. The van der Waals surface area contributed by atoms with Gasteiger partial charge in [-0.1, -0.05) is 13.8 Å². The molecule has 21 heavy (non-hydrogen) atoms. The molecule has 1 rings (SSSR count). The van der Waals surface area contributed by atoms with Crippen LogP contribution in [-0.2, 0) is 9.53 Å². The minimum Gasteiger partial charge on any atom is -0.465 e. The average Bonchev–Trinajstić information content (AvgIpc) is 2.48. The Bertz CT molecular complexity index is 446. The van der Waals surface area contributed by atoms with Crippen molar-refractivity contribution in [3.05, 3.63) is 29.3 Å². The maximum Gasteiger partial charge on any atom is 0.446 e.